The van der Waals surface area contributed by atoms with Gasteiger partial charge in [0.25, 0.3) is 0 Å². The van der Waals surface area contributed by atoms with Gasteiger partial charge < -0.3 is 9.84 Å². The normalized spacial score (nSPS) is 25.7. The molecule has 122 valence electrons. The Kier molecular flexibility index (Phi) is 4.84. The van der Waals surface area contributed by atoms with Crippen LogP contribution in [0.5, 0.6) is 0 Å². The van der Waals surface area contributed by atoms with Crippen molar-refractivity contribution in [2.24, 2.45) is 0 Å². The predicted octanol–water partition coefficient (Wildman–Crippen LogP) is 5.49. The maximum absolute atomic E-state index is 11.2. The van der Waals surface area contributed by atoms with E-state index in [0.29, 0.717) is 0 Å². The average molecular weight is 304 g/mol. The zero-order chi connectivity index (χ0) is 16.4. The highest BCUT2D eigenvalue weighted by atomic mass is 16.7. The van der Waals surface area contributed by atoms with Gasteiger partial charge in [0.2, 0.25) is 0 Å². The minimum absolute atomic E-state index is 0.129. The quantitative estimate of drug-likeness (QED) is 0.751. The first-order valence-corrected chi connectivity index (χ1v) is 8.31. The standard InChI is InChI=1S/C19H28O3/c1-5-19(22-17(20)21)13-7-6-8-16(19)14-9-11-15(12-10-14)18(2,3)4/h9-12,16H,5-8,13H2,1-4H3,(H,20,21). The highest BCUT2D eigenvalue weighted by Crippen LogP contribution is 2.45. The molecular weight excluding hydrogens is 276 g/mol. The van der Waals surface area contributed by atoms with Gasteiger partial charge in [-0.25, -0.2) is 4.79 Å². The fraction of sp³-hybridized carbons (Fsp3) is 0.632. The van der Waals surface area contributed by atoms with Gasteiger partial charge in [-0.05, 0) is 42.2 Å². The molecule has 3 heteroatoms. The van der Waals surface area contributed by atoms with Gasteiger partial charge in [-0.3, -0.25) is 0 Å². The SMILES string of the molecule is CCC1(OC(=O)O)CCCCC1c1ccc(C(C)(C)C)cc1. The molecule has 3 nitrogen and oxygen atoms in total. The first-order chi connectivity index (χ1) is 10.3. The molecule has 2 atom stereocenters. The number of carbonyl (C=O) groups is 1. The lowest BCUT2D eigenvalue weighted by atomic mass is 9.70. The number of hydrogen-bond acceptors (Lipinski definition) is 2. The maximum atomic E-state index is 11.2. The Morgan fingerprint density at radius 1 is 1.27 bits per heavy atom. The van der Waals surface area contributed by atoms with Crippen LogP contribution >= 0.6 is 0 Å². The van der Waals surface area contributed by atoms with E-state index < -0.39 is 11.8 Å². The largest absolute Gasteiger partial charge is 0.506 e. The Hall–Kier alpha value is -1.51. The van der Waals surface area contributed by atoms with E-state index in [1.807, 2.05) is 6.92 Å². The number of carboxylic acid groups (broad SMARTS) is 1. The molecule has 0 bridgehead atoms. The van der Waals surface area contributed by atoms with E-state index in [4.69, 9.17) is 9.84 Å². The van der Waals surface area contributed by atoms with Gasteiger partial charge in [-0.2, -0.15) is 0 Å². The van der Waals surface area contributed by atoms with E-state index in [9.17, 15) is 4.79 Å². The zero-order valence-electron chi connectivity index (χ0n) is 14.2. The second kappa shape index (κ2) is 6.31. The lowest BCUT2D eigenvalue weighted by Gasteiger charge is -2.42. The highest BCUT2D eigenvalue weighted by molar-refractivity contribution is 5.58. The van der Waals surface area contributed by atoms with Gasteiger partial charge in [0.05, 0.1) is 0 Å². The molecule has 1 aromatic carbocycles. The lowest BCUT2D eigenvalue weighted by molar-refractivity contribution is -0.0583. The molecule has 0 radical (unpaired) electrons. The highest BCUT2D eigenvalue weighted by Gasteiger charge is 2.43. The summed E-state index contributed by atoms with van der Waals surface area (Å²) in [6.07, 6.45) is 3.57. The molecule has 2 unspecified atom stereocenters. The van der Waals surface area contributed by atoms with E-state index in [0.717, 1.165) is 32.1 Å². The Morgan fingerprint density at radius 2 is 1.91 bits per heavy atom. The van der Waals surface area contributed by atoms with Gasteiger partial charge in [-0.15, -0.1) is 0 Å². The molecule has 1 aromatic rings. The summed E-state index contributed by atoms with van der Waals surface area (Å²) in [4.78, 5) is 11.2. The summed E-state index contributed by atoms with van der Waals surface area (Å²) >= 11 is 0. The van der Waals surface area contributed by atoms with Crippen molar-refractivity contribution in [3.05, 3.63) is 35.4 Å². The number of ether oxygens (including phenoxy) is 1. The van der Waals surface area contributed by atoms with Crippen LogP contribution < -0.4 is 0 Å². The molecular formula is C19H28O3. The molecule has 0 aliphatic heterocycles. The van der Waals surface area contributed by atoms with Crippen molar-refractivity contribution >= 4 is 6.16 Å². The van der Waals surface area contributed by atoms with E-state index in [1.165, 1.54) is 11.1 Å². The first kappa shape index (κ1) is 16.9. The van der Waals surface area contributed by atoms with Crippen LogP contribution in [0.4, 0.5) is 4.79 Å². The van der Waals surface area contributed by atoms with Crippen LogP contribution in [0.2, 0.25) is 0 Å². The van der Waals surface area contributed by atoms with Crippen molar-refractivity contribution in [1.82, 2.24) is 0 Å². The van der Waals surface area contributed by atoms with E-state index in [-0.39, 0.29) is 11.3 Å². The minimum atomic E-state index is -1.15. The Balaban J connectivity index is 2.32. The van der Waals surface area contributed by atoms with Crippen molar-refractivity contribution in [3.63, 3.8) is 0 Å². The average Bonchev–Trinajstić information content (AvgIpc) is 2.46. The fourth-order valence-electron chi connectivity index (χ4n) is 3.69. The molecule has 0 spiro atoms. The lowest BCUT2D eigenvalue weighted by Crippen LogP contribution is -2.42. The third kappa shape index (κ3) is 3.45. The molecule has 0 saturated heterocycles. The second-order valence-corrected chi connectivity index (χ2v) is 7.46. The summed E-state index contributed by atoms with van der Waals surface area (Å²) in [5.41, 5.74) is 2.07. The third-order valence-corrected chi connectivity index (χ3v) is 5.05. The molecule has 1 N–H and O–H groups in total. The van der Waals surface area contributed by atoms with E-state index >= 15 is 0 Å². The van der Waals surface area contributed by atoms with Crippen molar-refractivity contribution in [3.8, 4) is 0 Å². The monoisotopic (exact) mass is 304 g/mol. The minimum Gasteiger partial charge on any atom is -0.450 e. The molecule has 2 rings (SSSR count). The first-order valence-electron chi connectivity index (χ1n) is 8.31. The summed E-state index contributed by atoms with van der Waals surface area (Å²) in [7, 11) is 0. The molecule has 0 amide bonds. The van der Waals surface area contributed by atoms with Crippen LogP contribution in [0.3, 0.4) is 0 Å². The number of rotatable bonds is 3. The van der Waals surface area contributed by atoms with E-state index in [2.05, 4.69) is 45.0 Å². The smallest absolute Gasteiger partial charge is 0.450 e. The van der Waals surface area contributed by atoms with Crippen molar-refractivity contribution < 1.29 is 14.6 Å². The van der Waals surface area contributed by atoms with Crippen LogP contribution in [0.1, 0.15) is 76.8 Å². The second-order valence-electron chi connectivity index (χ2n) is 7.46. The van der Waals surface area contributed by atoms with Gasteiger partial charge in [0.1, 0.15) is 5.60 Å². The van der Waals surface area contributed by atoms with E-state index in [1.54, 1.807) is 0 Å². The maximum Gasteiger partial charge on any atom is 0.506 e. The Labute approximate surface area is 133 Å². The van der Waals surface area contributed by atoms with Crippen LogP contribution in [-0.4, -0.2) is 16.9 Å². The summed E-state index contributed by atoms with van der Waals surface area (Å²) in [5, 5.41) is 9.16. The third-order valence-electron chi connectivity index (χ3n) is 5.05. The van der Waals surface area contributed by atoms with Gasteiger partial charge in [-0.1, -0.05) is 58.4 Å². The number of hydrogen-bond donors (Lipinski definition) is 1. The van der Waals surface area contributed by atoms with Gasteiger partial charge in [0, 0.05) is 5.92 Å². The summed E-state index contributed by atoms with van der Waals surface area (Å²) in [6.45, 7) is 8.64. The Morgan fingerprint density at radius 3 is 2.41 bits per heavy atom. The summed E-state index contributed by atoms with van der Waals surface area (Å²) in [5.74, 6) is 0.163. The van der Waals surface area contributed by atoms with Crippen LogP contribution in [0.25, 0.3) is 0 Å². The fourth-order valence-corrected chi connectivity index (χ4v) is 3.69. The summed E-state index contributed by atoms with van der Waals surface area (Å²) < 4.78 is 5.41. The van der Waals surface area contributed by atoms with Gasteiger partial charge >= 0.3 is 6.16 Å². The van der Waals surface area contributed by atoms with Crippen LogP contribution in [0, 0.1) is 0 Å². The molecule has 0 heterocycles. The van der Waals surface area contributed by atoms with Crippen molar-refractivity contribution in [2.75, 3.05) is 0 Å². The Bertz CT molecular complexity index is 512. The molecule has 1 fully saturated rings. The topological polar surface area (TPSA) is 46.5 Å². The predicted molar refractivity (Wildman–Crippen MR) is 88.5 cm³/mol. The molecule has 22 heavy (non-hydrogen) atoms. The zero-order valence-corrected chi connectivity index (χ0v) is 14.2. The molecule has 1 aliphatic rings. The van der Waals surface area contributed by atoms with Crippen molar-refractivity contribution in [1.29, 1.82) is 0 Å². The number of benzene rings is 1. The summed E-state index contributed by atoms with van der Waals surface area (Å²) in [6, 6.07) is 8.66. The van der Waals surface area contributed by atoms with Gasteiger partial charge in [0.15, 0.2) is 0 Å². The molecule has 0 aromatic heterocycles. The van der Waals surface area contributed by atoms with Crippen LogP contribution in [-0.2, 0) is 10.2 Å². The molecule has 1 saturated carbocycles. The van der Waals surface area contributed by atoms with Crippen LogP contribution in [0.15, 0.2) is 24.3 Å². The van der Waals surface area contributed by atoms with Crippen molar-refractivity contribution in [2.45, 2.75) is 76.7 Å². The molecule has 1 aliphatic carbocycles.